The van der Waals surface area contributed by atoms with Crippen LogP contribution >= 0.6 is 0 Å². The van der Waals surface area contributed by atoms with Crippen molar-refractivity contribution in [3.8, 4) is 0 Å². The van der Waals surface area contributed by atoms with E-state index in [4.69, 9.17) is 0 Å². The molecule has 0 bridgehead atoms. The molecule has 0 radical (unpaired) electrons. The van der Waals surface area contributed by atoms with E-state index in [9.17, 15) is 0 Å². The van der Waals surface area contributed by atoms with Gasteiger partial charge in [-0.3, -0.25) is 0 Å². The molecule has 0 heterocycles. The van der Waals surface area contributed by atoms with E-state index in [0.29, 0.717) is 0 Å². The van der Waals surface area contributed by atoms with E-state index in [-0.39, 0.29) is 12.4 Å². The quantitative estimate of drug-likeness (QED) is 0.287. The van der Waals surface area contributed by atoms with Crippen molar-refractivity contribution in [3.63, 3.8) is 0 Å². The average molecular weight is 394 g/mol. The van der Waals surface area contributed by atoms with Crippen LogP contribution in [0.25, 0.3) is 6.08 Å². The highest BCUT2D eigenvalue weighted by atomic mass is 35.5. The van der Waals surface area contributed by atoms with Gasteiger partial charge in [-0.2, -0.15) is 0 Å². The molecule has 0 aliphatic carbocycles. The van der Waals surface area contributed by atoms with Gasteiger partial charge < -0.3 is 16.9 Å². The summed E-state index contributed by atoms with van der Waals surface area (Å²) in [4.78, 5) is 0. The molecular formula is C25H44ClN. The van der Waals surface area contributed by atoms with Crippen molar-refractivity contribution in [2.24, 2.45) is 0 Å². The van der Waals surface area contributed by atoms with Gasteiger partial charge in [0.05, 0.1) is 27.2 Å². The zero-order chi connectivity index (χ0) is 18.9. The van der Waals surface area contributed by atoms with Gasteiger partial charge >= 0.3 is 0 Å². The number of benzene rings is 1. The van der Waals surface area contributed by atoms with E-state index in [0.717, 1.165) is 11.0 Å². The first-order chi connectivity index (χ1) is 12.6. The maximum absolute atomic E-state index is 2.36. The highest BCUT2D eigenvalue weighted by molar-refractivity contribution is 5.48. The molecule has 0 N–H and O–H groups in total. The molecule has 0 fully saturated rings. The predicted molar refractivity (Wildman–Crippen MR) is 118 cm³/mol. The molecule has 0 aliphatic rings. The second-order valence-electron chi connectivity index (χ2n) is 8.54. The number of hydrogen-bond acceptors (Lipinski definition) is 0. The van der Waals surface area contributed by atoms with E-state index in [2.05, 4.69) is 63.5 Å². The second-order valence-corrected chi connectivity index (χ2v) is 8.54. The minimum Gasteiger partial charge on any atom is -1.00 e. The van der Waals surface area contributed by atoms with Crippen molar-refractivity contribution in [2.45, 2.75) is 84.0 Å². The Bertz CT molecular complexity index is 453. The molecule has 0 saturated heterocycles. The maximum Gasteiger partial charge on any atom is 0.0972 e. The largest absolute Gasteiger partial charge is 1.00 e. The summed E-state index contributed by atoms with van der Waals surface area (Å²) in [6.07, 6.45) is 21.7. The fraction of sp³-hybridized carbons (Fsp3) is 0.680. The summed E-state index contributed by atoms with van der Waals surface area (Å²) in [5, 5.41) is 0. The van der Waals surface area contributed by atoms with Crippen LogP contribution in [0.1, 0.15) is 89.5 Å². The molecule has 0 aliphatic heterocycles. The highest BCUT2D eigenvalue weighted by Crippen LogP contribution is 2.13. The lowest BCUT2D eigenvalue weighted by molar-refractivity contribution is -0.884. The van der Waals surface area contributed by atoms with Crippen molar-refractivity contribution in [1.29, 1.82) is 0 Å². The van der Waals surface area contributed by atoms with Gasteiger partial charge in [-0.1, -0.05) is 108 Å². The summed E-state index contributed by atoms with van der Waals surface area (Å²) >= 11 is 0. The molecule has 0 aromatic heterocycles. The number of unbranched alkanes of at least 4 members (excludes halogenated alkanes) is 11. The Labute approximate surface area is 176 Å². The fourth-order valence-electron chi connectivity index (χ4n) is 3.51. The zero-order valence-electron chi connectivity index (χ0n) is 18.3. The van der Waals surface area contributed by atoms with Crippen LogP contribution < -0.4 is 12.4 Å². The number of halogens is 1. The number of quaternary nitrogens is 1. The molecule has 0 amide bonds. The van der Waals surface area contributed by atoms with E-state index in [1.54, 1.807) is 0 Å². The first kappa shape index (κ1) is 26.2. The third kappa shape index (κ3) is 15.9. The standard InChI is InChI=1S/C25H44N.ClH/c1-4-5-6-7-8-9-10-11-12-13-14-18-23-26(2,3)24-19-22-25-20-16-15-17-21-25;/h15-17,19-22H,4-14,18,23-24H2,1-3H3;1H/q+1;/p-1/b22-19-;. The summed E-state index contributed by atoms with van der Waals surface area (Å²) in [5.74, 6) is 0. The normalized spacial score (nSPS) is 11.7. The van der Waals surface area contributed by atoms with Crippen LogP contribution in [0.2, 0.25) is 0 Å². The fourth-order valence-corrected chi connectivity index (χ4v) is 3.51. The van der Waals surface area contributed by atoms with Crippen LogP contribution in [0.3, 0.4) is 0 Å². The lowest BCUT2D eigenvalue weighted by atomic mass is 10.1. The number of likely N-dealkylation sites (N-methyl/N-ethyl adjacent to an activating group) is 1. The summed E-state index contributed by atoms with van der Waals surface area (Å²) in [6.45, 7) is 4.70. The molecule has 1 aromatic rings. The third-order valence-corrected chi connectivity index (χ3v) is 5.33. The molecule has 2 heteroatoms. The first-order valence-corrected chi connectivity index (χ1v) is 11.2. The zero-order valence-corrected chi connectivity index (χ0v) is 19.0. The number of nitrogens with zero attached hydrogens (tertiary/aromatic N) is 1. The van der Waals surface area contributed by atoms with E-state index in [1.807, 2.05) is 0 Å². The van der Waals surface area contributed by atoms with Gasteiger partial charge in [-0.15, -0.1) is 0 Å². The monoisotopic (exact) mass is 393 g/mol. The Kier molecular flexibility index (Phi) is 16.8. The van der Waals surface area contributed by atoms with Crippen molar-refractivity contribution in [1.82, 2.24) is 0 Å². The van der Waals surface area contributed by atoms with Crippen molar-refractivity contribution >= 4 is 6.08 Å². The molecule has 0 unspecified atom stereocenters. The Morgan fingerprint density at radius 3 is 1.70 bits per heavy atom. The van der Waals surface area contributed by atoms with E-state index in [1.165, 1.54) is 89.2 Å². The molecule has 1 nitrogen and oxygen atoms in total. The minimum absolute atomic E-state index is 0. The Morgan fingerprint density at radius 2 is 1.19 bits per heavy atom. The van der Waals surface area contributed by atoms with Crippen LogP contribution in [-0.2, 0) is 0 Å². The lowest BCUT2D eigenvalue weighted by Gasteiger charge is -2.28. The van der Waals surface area contributed by atoms with Gasteiger partial charge in [0.15, 0.2) is 0 Å². The maximum atomic E-state index is 2.36. The van der Waals surface area contributed by atoms with E-state index < -0.39 is 0 Å². The molecule has 1 rings (SSSR count). The molecular weight excluding hydrogens is 350 g/mol. The Morgan fingerprint density at radius 1 is 0.704 bits per heavy atom. The lowest BCUT2D eigenvalue weighted by Crippen LogP contribution is -3.00. The minimum atomic E-state index is 0. The van der Waals surface area contributed by atoms with Gasteiger partial charge in [0, 0.05) is 0 Å². The number of hydrogen-bond donors (Lipinski definition) is 0. The summed E-state index contributed by atoms with van der Waals surface area (Å²) < 4.78 is 1.10. The SMILES string of the molecule is CCCCCCCCCCCCCC[N+](C)(C)C/C=C\c1ccccc1.[Cl-]. The topological polar surface area (TPSA) is 0 Å². The highest BCUT2D eigenvalue weighted by Gasteiger charge is 2.11. The Balaban J connectivity index is 0.00000676. The second kappa shape index (κ2) is 17.3. The molecule has 0 saturated carbocycles. The van der Waals surface area contributed by atoms with Crippen LogP contribution in [0.5, 0.6) is 0 Å². The molecule has 0 atom stereocenters. The summed E-state index contributed by atoms with van der Waals surface area (Å²) in [5.41, 5.74) is 1.30. The summed E-state index contributed by atoms with van der Waals surface area (Å²) in [6, 6.07) is 10.6. The van der Waals surface area contributed by atoms with Crippen molar-refractivity contribution < 1.29 is 16.9 Å². The van der Waals surface area contributed by atoms with Crippen LogP contribution in [0.15, 0.2) is 36.4 Å². The average Bonchev–Trinajstić information content (AvgIpc) is 2.63. The molecule has 156 valence electrons. The Hall–Kier alpha value is -0.790. The molecule has 27 heavy (non-hydrogen) atoms. The van der Waals surface area contributed by atoms with E-state index >= 15 is 0 Å². The van der Waals surface area contributed by atoms with Crippen LogP contribution in [-0.4, -0.2) is 31.7 Å². The van der Waals surface area contributed by atoms with Gasteiger partial charge in [-0.25, -0.2) is 0 Å². The summed E-state index contributed by atoms with van der Waals surface area (Å²) in [7, 11) is 4.71. The third-order valence-electron chi connectivity index (χ3n) is 5.33. The first-order valence-electron chi connectivity index (χ1n) is 11.2. The number of rotatable bonds is 16. The predicted octanol–water partition coefficient (Wildman–Crippen LogP) is 4.48. The molecule has 0 spiro atoms. The van der Waals surface area contributed by atoms with Crippen LogP contribution in [0, 0.1) is 0 Å². The van der Waals surface area contributed by atoms with Gasteiger partial charge in [0.25, 0.3) is 0 Å². The molecule has 1 aromatic carbocycles. The van der Waals surface area contributed by atoms with Crippen molar-refractivity contribution in [3.05, 3.63) is 42.0 Å². The van der Waals surface area contributed by atoms with Gasteiger partial charge in [-0.05, 0) is 24.5 Å². The van der Waals surface area contributed by atoms with Crippen LogP contribution in [0.4, 0.5) is 0 Å². The van der Waals surface area contributed by atoms with Gasteiger partial charge in [0.2, 0.25) is 0 Å². The van der Waals surface area contributed by atoms with Crippen molar-refractivity contribution in [2.75, 3.05) is 27.2 Å². The van der Waals surface area contributed by atoms with Gasteiger partial charge in [0.1, 0.15) is 0 Å². The smallest absolute Gasteiger partial charge is 0.0972 e.